The van der Waals surface area contributed by atoms with Crippen molar-refractivity contribution < 1.29 is 0 Å². The number of hydrazine groups is 1. The summed E-state index contributed by atoms with van der Waals surface area (Å²) in [6.07, 6.45) is 6.13. The van der Waals surface area contributed by atoms with Crippen molar-refractivity contribution in [2.75, 3.05) is 0 Å². The van der Waals surface area contributed by atoms with E-state index in [2.05, 4.69) is 18.4 Å². The third kappa shape index (κ3) is 3.47. The second-order valence-corrected chi connectivity index (χ2v) is 6.00. The highest BCUT2D eigenvalue weighted by Crippen LogP contribution is 2.32. The number of nitrogens with one attached hydrogen (secondary N) is 1. The lowest BCUT2D eigenvalue weighted by molar-refractivity contribution is 0.229. The van der Waals surface area contributed by atoms with Crippen LogP contribution in [-0.2, 0) is 6.42 Å². The van der Waals surface area contributed by atoms with E-state index in [0.29, 0.717) is 12.0 Å². The molecule has 1 saturated carbocycles. The van der Waals surface area contributed by atoms with Crippen molar-refractivity contribution in [3.8, 4) is 0 Å². The molecule has 0 heterocycles. The van der Waals surface area contributed by atoms with E-state index in [9.17, 15) is 0 Å². The van der Waals surface area contributed by atoms with Crippen molar-refractivity contribution in [1.29, 1.82) is 0 Å². The van der Waals surface area contributed by atoms with E-state index in [4.69, 9.17) is 17.4 Å². The highest BCUT2D eigenvalue weighted by Gasteiger charge is 2.25. The zero-order valence-electron chi connectivity index (χ0n) is 11.0. The molecule has 0 aromatic heterocycles. The lowest BCUT2D eigenvalue weighted by atomic mass is 9.78. The third-order valence-electron chi connectivity index (χ3n) is 4.24. The second kappa shape index (κ2) is 6.55. The van der Waals surface area contributed by atoms with Gasteiger partial charge in [-0.2, -0.15) is 0 Å². The van der Waals surface area contributed by atoms with Crippen LogP contribution in [0.4, 0.5) is 0 Å². The van der Waals surface area contributed by atoms with E-state index < -0.39 is 0 Å². The number of nitrogens with two attached hydrogens (primary N) is 1. The summed E-state index contributed by atoms with van der Waals surface area (Å²) in [6, 6.07) is 8.40. The monoisotopic (exact) mass is 266 g/mol. The highest BCUT2D eigenvalue weighted by atomic mass is 35.5. The molecule has 1 aromatic carbocycles. The Morgan fingerprint density at radius 1 is 1.28 bits per heavy atom. The number of benzene rings is 1. The summed E-state index contributed by atoms with van der Waals surface area (Å²) in [7, 11) is 0. The summed E-state index contributed by atoms with van der Waals surface area (Å²) in [6.45, 7) is 2.34. The van der Waals surface area contributed by atoms with Crippen molar-refractivity contribution in [2.24, 2.45) is 17.7 Å². The molecule has 1 aliphatic carbocycles. The zero-order valence-corrected chi connectivity index (χ0v) is 11.8. The minimum absolute atomic E-state index is 0.345. The number of hydrogen-bond donors (Lipinski definition) is 2. The normalized spacial score (nSPS) is 25.9. The van der Waals surface area contributed by atoms with Gasteiger partial charge in [-0.3, -0.25) is 11.3 Å². The second-order valence-electron chi connectivity index (χ2n) is 5.59. The van der Waals surface area contributed by atoms with Gasteiger partial charge in [0.05, 0.1) is 0 Å². The van der Waals surface area contributed by atoms with Crippen LogP contribution in [0.2, 0.25) is 5.02 Å². The van der Waals surface area contributed by atoms with Crippen LogP contribution < -0.4 is 11.3 Å². The first-order chi connectivity index (χ1) is 8.70. The fourth-order valence-electron chi connectivity index (χ4n) is 2.95. The van der Waals surface area contributed by atoms with Crippen molar-refractivity contribution in [2.45, 2.75) is 45.1 Å². The molecule has 1 aliphatic rings. The lowest BCUT2D eigenvalue weighted by Crippen LogP contribution is -2.43. The third-order valence-corrected chi connectivity index (χ3v) is 4.61. The van der Waals surface area contributed by atoms with E-state index in [1.807, 2.05) is 18.2 Å². The maximum Gasteiger partial charge on any atom is 0.0438 e. The smallest absolute Gasteiger partial charge is 0.0438 e. The van der Waals surface area contributed by atoms with Crippen LogP contribution in [0.3, 0.4) is 0 Å². The van der Waals surface area contributed by atoms with Gasteiger partial charge in [0, 0.05) is 11.1 Å². The van der Waals surface area contributed by atoms with Gasteiger partial charge in [-0.05, 0) is 42.7 Å². The van der Waals surface area contributed by atoms with Crippen LogP contribution in [0, 0.1) is 11.8 Å². The van der Waals surface area contributed by atoms with E-state index in [0.717, 1.165) is 17.4 Å². The standard InChI is InChI=1S/C15H23ClN2/c1-11-6-8-12(9-7-11)15(18-17)10-13-4-2-3-5-14(13)16/h2-5,11-12,15,18H,6-10,17H2,1H3. The van der Waals surface area contributed by atoms with Crippen LogP contribution >= 0.6 is 11.6 Å². The van der Waals surface area contributed by atoms with Gasteiger partial charge >= 0.3 is 0 Å². The fraction of sp³-hybridized carbons (Fsp3) is 0.600. The van der Waals surface area contributed by atoms with Crippen molar-refractivity contribution in [1.82, 2.24) is 5.43 Å². The summed E-state index contributed by atoms with van der Waals surface area (Å²) in [5.74, 6) is 7.30. The Bertz CT molecular complexity index is 373. The van der Waals surface area contributed by atoms with Gasteiger partial charge in [-0.1, -0.05) is 49.6 Å². The van der Waals surface area contributed by atoms with E-state index >= 15 is 0 Å². The first-order valence-corrected chi connectivity index (χ1v) is 7.28. The molecule has 1 aromatic rings. The number of rotatable bonds is 4. The SMILES string of the molecule is CC1CCC(C(Cc2ccccc2Cl)NN)CC1. The molecule has 0 amide bonds. The Balaban J connectivity index is 1.99. The fourth-order valence-corrected chi connectivity index (χ4v) is 3.16. The molecular weight excluding hydrogens is 244 g/mol. The molecule has 3 heteroatoms. The van der Waals surface area contributed by atoms with Crippen LogP contribution in [0.5, 0.6) is 0 Å². The molecular formula is C15H23ClN2. The Kier molecular flexibility index (Phi) is 5.04. The summed E-state index contributed by atoms with van der Waals surface area (Å²) in [5, 5.41) is 0.849. The van der Waals surface area contributed by atoms with Crippen molar-refractivity contribution in [3.63, 3.8) is 0 Å². The molecule has 0 bridgehead atoms. The van der Waals surface area contributed by atoms with Crippen molar-refractivity contribution >= 4 is 11.6 Å². The minimum Gasteiger partial charge on any atom is -0.271 e. The highest BCUT2D eigenvalue weighted by molar-refractivity contribution is 6.31. The molecule has 18 heavy (non-hydrogen) atoms. The van der Waals surface area contributed by atoms with E-state index in [1.165, 1.54) is 31.2 Å². The first-order valence-electron chi connectivity index (χ1n) is 6.90. The Morgan fingerprint density at radius 3 is 2.56 bits per heavy atom. The summed E-state index contributed by atoms with van der Waals surface area (Å²) in [5.41, 5.74) is 4.20. The Morgan fingerprint density at radius 2 is 1.94 bits per heavy atom. The predicted molar refractivity (Wildman–Crippen MR) is 77.4 cm³/mol. The van der Waals surface area contributed by atoms with E-state index in [1.54, 1.807) is 0 Å². The first kappa shape index (κ1) is 13.9. The van der Waals surface area contributed by atoms with Gasteiger partial charge in [0.15, 0.2) is 0 Å². The predicted octanol–water partition coefficient (Wildman–Crippen LogP) is 3.54. The average Bonchev–Trinajstić information content (AvgIpc) is 2.39. The summed E-state index contributed by atoms with van der Waals surface area (Å²) < 4.78 is 0. The van der Waals surface area contributed by atoms with Gasteiger partial charge in [0.2, 0.25) is 0 Å². The molecule has 0 saturated heterocycles. The number of hydrogen-bond acceptors (Lipinski definition) is 2. The number of halogens is 1. The Labute approximate surface area is 115 Å². The maximum atomic E-state index is 6.22. The molecule has 1 atom stereocenters. The van der Waals surface area contributed by atoms with Gasteiger partial charge < -0.3 is 0 Å². The zero-order chi connectivity index (χ0) is 13.0. The summed E-state index contributed by atoms with van der Waals surface area (Å²) in [4.78, 5) is 0. The molecule has 0 spiro atoms. The minimum atomic E-state index is 0.345. The molecule has 1 unspecified atom stereocenters. The summed E-state index contributed by atoms with van der Waals surface area (Å²) >= 11 is 6.22. The van der Waals surface area contributed by atoms with E-state index in [-0.39, 0.29) is 0 Å². The molecule has 0 aliphatic heterocycles. The Hall–Kier alpha value is -0.570. The topological polar surface area (TPSA) is 38.0 Å². The molecule has 2 nitrogen and oxygen atoms in total. The van der Waals surface area contributed by atoms with Gasteiger partial charge in [0.1, 0.15) is 0 Å². The molecule has 100 valence electrons. The molecule has 2 rings (SSSR count). The van der Waals surface area contributed by atoms with Crippen LogP contribution in [0.25, 0.3) is 0 Å². The van der Waals surface area contributed by atoms with Crippen LogP contribution in [0.15, 0.2) is 24.3 Å². The quantitative estimate of drug-likeness (QED) is 0.646. The molecule has 0 radical (unpaired) electrons. The van der Waals surface area contributed by atoms with Gasteiger partial charge in [-0.15, -0.1) is 0 Å². The molecule has 1 fully saturated rings. The van der Waals surface area contributed by atoms with Gasteiger partial charge in [0.25, 0.3) is 0 Å². The van der Waals surface area contributed by atoms with Gasteiger partial charge in [-0.25, -0.2) is 0 Å². The maximum absolute atomic E-state index is 6.22. The lowest BCUT2D eigenvalue weighted by Gasteiger charge is -2.32. The van der Waals surface area contributed by atoms with Crippen molar-refractivity contribution in [3.05, 3.63) is 34.9 Å². The van der Waals surface area contributed by atoms with Crippen LogP contribution in [0.1, 0.15) is 38.2 Å². The molecule has 3 N–H and O–H groups in total. The largest absolute Gasteiger partial charge is 0.271 e. The average molecular weight is 267 g/mol. The van der Waals surface area contributed by atoms with Crippen LogP contribution in [-0.4, -0.2) is 6.04 Å².